The third-order valence-corrected chi connectivity index (χ3v) is 6.74. The van der Waals surface area contributed by atoms with Crippen LogP contribution in [0.2, 0.25) is 0 Å². The molecule has 1 rings (SSSR count). The smallest absolute Gasteiger partial charge is 0.350 e. The predicted octanol–water partition coefficient (Wildman–Crippen LogP) is 5.88. The summed E-state index contributed by atoms with van der Waals surface area (Å²) in [5.74, 6) is -0.826. The summed E-state index contributed by atoms with van der Waals surface area (Å²) in [5, 5.41) is 0. The largest absolute Gasteiger partial charge is 0.462 e. The Morgan fingerprint density at radius 3 is 2.00 bits per heavy atom. The van der Waals surface area contributed by atoms with Crippen molar-refractivity contribution in [1.29, 1.82) is 0 Å². The first-order chi connectivity index (χ1) is 15.0. The summed E-state index contributed by atoms with van der Waals surface area (Å²) in [4.78, 5) is 14.4. The number of nitrogens with zero attached hydrogens (tertiary/aromatic N) is 1. The van der Waals surface area contributed by atoms with E-state index in [2.05, 4.69) is 18.7 Å². The van der Waals surface area contributed by atoms with E-state index in [9.17, 15) is 13.2 Å². The Bertz CT molecular complexity index is 773. The molecule has 0 heterocycles. The van der Waals surface area contributed by atoms with E-state index >= 15 is 0 Å². The molecule has 0 unspecified atom stereocenters. The Morgan fingerprint density at radius 1 is 0.903 bits per heavy atom. The zero-order valence-corrected chi connectivity index (χ0v) is 20.2. The van der Waals surface area contributed by atoms with Crippen molar-refractivity contribution in [2.75, 3.05) is 19.7 Å². The monoisotopic (exact) mass is 449 g/mol. The minimum atomic E-state index is -3.95. The Kier molecular flexibility index (Phi) is 13.6. The molecule has 0 aliphatic rings. The van der Waals surface area contributed by atoms with Crippen LogP contribution >= 0.6 is 0 Å². The van der Waals surface area contributed by atoms with Gasteiger partial charge in [0.2, 0.25) is 9.84 Å². The minimum absolute atomic E-state index is 0.0821. The quantitative estimate of drug-likeness (QED) is 0.136. The summed E-state index contributed by atoms with van der Waals surface area (Å²) in [7, 11) is -3.95. The molecule has 0 bridgehead atoms. The molecule has 0 fully saturated rings. The number of rotatable bonds is 16. The molecule has 31 heavy (non-hydrogen) atoms. The molecule has 0 aromatic heterocycles. The van der Waals surface area contributed by atoms with E-state index in [-0.39, 0.29) is 16.4 Å². The van der Waals surface area contributed by atoms with Crippen molar-refractivity contribution in [1.82, 2.24) is 4.90 Å². The van der Waals surface area contributed by atoms with E-state index < -0.39 is 15.8 Å². The zero-order chi connectivity index (χ0) is 23.0. The van der Waals surface area contributed by atoms with Gasteiger partial charge in [-0.15, -0.1) is 0 Å². The lowest BCUT2D eigenvalue weighted by molar-refractivity contribution is -0.137. The molecule has 1 aromatic carbocycles. The summed E-state index contributed by atoms with van der Waals surface area (Å²) >= 11 is 0. The first-order valence-electron chi connectivity index (χ1n) is 11.6. The molecule has 0 aliphatic heterocycles. The number of benzene rings is 1. The van der Waals surface area contributed by atoms with E-state index in [1.807, 2.05) is 6.20 Å². The summed E-state index contributed by atoms with van der Waals surface area (Å²) < 4.78 is 31.0. The van der Waals surface area contributed by atoms with Gasteiger partial charge in [-0.1, -0.05) is 70.6 Å². The minimum Gasteiger partial charge on any atom is -0.462 e. The maximum atomic E-state index is 13.0. The maximum absolute atomic E-state index is 13.0. The molecule has 0 amide bonds. The van der Waals surface area contributed by atoms with Crippen LogP contribution in [0.25, 0.3) is 0 Å². The highest BCUT2D eigenvalue weighted by Crippen LogP contribution is 2.20. The lowest BCUT2D eigenvalue weighted by Gasteiger charge is -2.20. The molecule has 0 spiro atoms. The highest BCUT2D eigenvalue weighted by molar-refractivity contribution is 7.96. The molecule has 0 saturated carbocycles. The molecule has 0 aliphatic carbocycles. The highest BCUT2D eigenvalue weighted by Gasteiger charge is 2.27. The Hall–Kier alpha value is -2.08. The number of allylic oxidation sites excluding steroid dienone is 2. The second kappa shape index (κ2) is 15.7. The van der Waals surface area contributed by atoms with E-state index in [4.69, 9.17) is 4.74 Å². The van der Waals surface area contributed by atoms with Crippen LogP contribution in [0, 0.1) is 0 Å². The molecular formula is C25H39NO4S. The van der Waals surface area contributed by atoms with Crippen molar-refractivity contribution in [3.05, 3.63) is 53.6 Å². The van der Waals surface area contributed by atoms with Gasteiger partial charge in [0.15, 0.2) is 4.91 Å². The van der Waals surface area contributed by atoms with Gasteiger partial charge in [-0.25, -0.2) is 13.2 Å². The van der Waals surface area contributed by atoms with Crippen LogP contribution < -0.4 is 0 Å². The number of sulfone groups is 1. The summed E-state index contributed by atoms with van der Waals surface area (Å²) in [6.07, 6.45) is 14.3. The van der Waals surface area contributed by atoms with Gasteiger partial charge in [-0.2, -0.15) is 0 Å². The Morgan fingerprint density at radius 2 is 1.48 bits per heavy atom. The molecule has 174 valence electrons. The van der Waals surface area contributed by atoms with Crippen LogP contribution in [0.4, 0.5) is 0 Å². The standard InChI is InChI=1S/C25H39NO4S/c1-4-7-9-14-20-26(21-15-10-8-5-2)22-16-19-24(25(27)30-6-3)31(28,29)23-17-12-11-13-18-23/h11-13,16-19,22H,4-10,14-15,20-21H2,1-3H3. The van der Waals surface area contributed by atoms with E-state index in [0.29, 0.717) is 0 Å². The van der Waals surface area contributed by atoms with Gasteiger partial charge in [0, 0.05) is 13.1 Å². The first kappa shape index (κ1) is 27.0. The molecule has 5 nitrogen and oxygen atoms in total. The van der Waals surface area contributed by atoms with Gasteiger partial charge in [0.05, 0.1) is 11.5 Å². The average Bonchev–Trinajstić information content (AvgIpc) is 2.77. The van der Waals surface area contributed by atoms with Crippen molar-refractivity contribution < 1.29 is 17.9 Å². The Labute approximate surface area is 189 Å². The fourth-order valence-electron chi connectivity index (χ4n) is 3.19. The van der Waals surface area contributed by atoms with E-state index in [0.717, 1.165) is 25.9 Å². The number of unbranched alkanes of at least 4 members (excludes halogenated alkanes) is 6. The number of carbonyl (C=O) groups is 1. The van der Waals surface area contributed by atoms with Crippen LogP contribution in [0.3, 0.4) is 0 Å². The van der Waals surface area contributed by atoms with Crippen molar-refractivity contribution in [3.63, 3.8) is 0 Å². The van der Waals surface area contributed by atoms with E-state index in [1.54, 1.807) is 31.2 Å². The number of hydrogen-bond donors (Lipinski definition) is 0. The first-order valence-corrected chi connectivity index (χ1v) is 13.0. The fraction of sp³-hybridized carbons (Fsp3) is 0.560. The maximum Gasteiger partial charge on any atom is 0.350 e. The number of carbonyl (C=O) groups excluding carboxylic acids is 1. The molecular weight excluding hydrogens is 410 g/mol. The van der Waals surface area contributed by atoms with Crippen molar-refractivity contribution >= 4 is 15.8 Å². The van der Waals surface area contributed by atoms with Crippen molar-refractivity contribution in [3.8, 4) is 0 Å². The number of ether oxygens (including phenoxy) is 1. The third-order valence-electron chi connectivity index (χ3n) is 4.96. The van der Waals surface area contributed by atoms with Crippen LogP contribution in [0.1, 0.15) is 72.1 Å². The van der Waals surface area contributed by atoms with E-state index in [1.165, 1.54) is 56.7 Å². The molecule has 0 saturated heterocycles. The van der Waals surface area contributed by atoms with Gasteiger partial charge in [-0.3, -0.25) is 0 Å². The molecule has 0 atom stereocenters. The normalized spacial score (nSPS) is 12.3. The number of esters is 1. The second-order valence-corrected chi connectivity index (χ2v) is 9.48. The lowest BCUT2D eigenvalue weighted by atomic mass is 10.2. The molecule has 1 aromatic rings. The lowest BCUT2D eigenvalue weighted by Crippen LogP contribution is -2.20. The van der Waals surface area contributed by atoms with Crippen molar-refractivity contribution in [2.24, 2.45) is 0 Å². The zero-order valence-electron chi connectivity index (χ0n) is 19.4. The van der Waals surface area contributed by atoms with Gasteiger partial charge in [-0.05, 0) is 50.3 Å². The summed E-state index contributed by atoms with van der Waals surface area (Å²) in [5.41, 5.74) is 0. The van der Waals surface area contributed by atoms with Gasteiger partial charge in [0.1, 0.15) is 0 Å². The van der Waals surface area contributed by atoms with Crippen LogP contribution in [0.15, 0.2) is 58.5 Å². The SMILES string of the molecule is CCCCCCN(C=CC=C(C(=O)OCC)S(=O)(=O)c1ccccc1)CCCCCC. The van der Waals surface area contributed by atoms with Crippen LogP contribution in [-0.2, 0) is 19.4 Å². The fourth-order valence-corrected chi connectivity index (χ4v) is 4.50. The van der Waals surface area contributed by atoms with Crippen molar-refractivity contribution in [2.45, 2.75) is 77.0 Å². The third kappa shape index (κ3) is 10.2. The Balaban J connectivity index is 3.02. The summed E-state index contributed by atoms with van der Waals surface area (Å²) in [6, 6.07) is 7.99. The topological polar surface area (TPSA) is 63.7 Å². The second-order valence-electron chi connectivity index (χ2n) is 7.57. The van der Waals surface area contributed by atoms with Gasteiger partial charge < -0.3 is 9.64 Å². The molecule has 0 radical (unpaired) electrons. The molecule has 6 heteroatoms. The molecule has 0 N–H and O–H groups in total. The number of hydrogen-bond acceptors (Lipinski definition) is 5. The predicted molar refractivity (Wildman–Crippen MR) is 127 cm³/mol. The van der Waals surface area contributed by atoms with Gasteiger partial charge in [0.25, 0.3) is 0 Å². The summed E-state index contributed by atoms with van der Waals surface area (Å²) in [6.45, 7) is 8.02. The van der Waals surface area contributed by atoms with Crippen LogP contribution in [-0.4, -0.2) is 39.0 Å². The average molecular weight is 450 g/mol. The van der Waals surface area contributed by atoms with Crippen LogP contribution in [0.5, 0.6) is 0 Å². The highest BCUT2D eigenvalue weighted by atomic mass is 32.2. The van der Waals surface area contributed by atoms with Gasteiger partial charge >= 0.3 is 5.97 Å².